The molecule has 1 aliphatic heterocycles. The minimum Gasteiger partial charge on any atom is -0.334 e. The van der Waals surface area contributed by atoms with Crippen molar-refractivity contribution in [2.75, 3.05) is 11.5 Å². The van der Waals surface area contributed by atoms with Crippen LogP contribution < -0.4 is 0 Å². The summed E-state index contributed by atoms with van der Waals surface area (Å²) in [5.41, 5.74) is 1.92. The van der Waals surface area contributed by atoms with Crippen molar-refractivity contribution in [1.82, 2.24) is 25.1 Å². The van der Waals surface area contributed by atoms with E-state index in [9.17, 15) is 13.2 Å². The third kappa shape index (κ3) is 3.94. The molecule has 0 N–H and O–H groups in total. The van der Waals surface area contributed by atoms with Gasteiger partial charge < -0.3 is 4.90 Å². The molecule has 1 amide bonds. The Bertz CT molecular complexity index is 965. The molecule has 9 heteroatoms. The van der Waals surface area contributed by atoms with Crippen molar-refractivity contribution < 1.29 is 13.2 Å². The first kappa shape index (κ1) is 19.0. The monoisotopic (exact) mass is 403 g/mol. The number of hydrogen-bond acceptors (Lipinski definition) is 6. The Hall–Kier alpha value is -2.29. The summed E-state index contributed by atoms with van der Waals surface area (Å²) in [5.74, 6) is 0.589. The molecule has 2 fully saturated rings. The number of aromatic nitrogens is 4. The maximum Gasteiger partial charge on any atom is 0.246 e. The van der Waals surface area contributed by atoms with Crippen LogP contribution in [-0.2, 0) is 21.2 Å². The second-order valence-electron chi connectivity index (χ2n) is 7.75. The quantitative estimate of drug-likeness (QED) is 0.752. The second-order valence-corrected chi connectivity index (χ2v) is 9.98. The van der Waals surface area contributed by atoms with Crippen molar-refractivity contribution in [3.05, 3.63) is 29.8 Å². The largest absolute Gasteiger partial charge is 0.334 e. The Morgan fingerprint density at radius 3 is 2.61 bits per heavy atom. The number of rotatable bonds is 5. The highest BCUT2D eigenvalue weighted by molar-refractivity contribution is 7.91. The number of hydrogen-bond donors (Lipinski definition) is 0. The third-order valence-electron chi connectivity index (χ3n) is 5.72. The summed E-state index contributed by atoms with van der Waals surface area (Å²) in [4.78, 5) is 16.2. The smallest absolute Gasteiger partial charge is 0.246 e. The summed E-state index contributed by atoms with van der Waals surface area (Å²) >= 11 is 0. The number of nitrogens with zero attached hydrogens (tertiary/aromatic N) is 5. The van der Waals surface area contributed by atoms with Crippen molar-refractivity contribution in [3.63, 3.8) is 0 Å². The lowest BCUT2D eigenvalue weighted by Crippen LogP contribution is -2.48. The molecule has 2 aromatic rings. The first-order valence-electron chi connectivity index (χ1n) is 9.78. The molecule has 2 aliphatic rings. The highest BCUT2D eigenvalue weighted by atomic mass is 32.2. The van der Waals surface area contributed by atoms with Gasteiger partial charge in [0.25, 0.3) is 0 Å². The molecule has 1 atom stereocenters. The SMILES string of the molecule is Cc1ccccc1-c1nnn(CC(=O)N(C2CCCC2)C2CCS(=O)(=O)C2)n1. The second kappa shape index (κ2) is 7.62. The van der Waals surface area contributed by atoms with Gasteiger partial charge in [0.2, 0.25) is 11.7 Å². The Kier molecular flexibility index (Phi) is 5.18. The van der Waals surface area contributed by atoms with Crippen molar-refractivity contribution in [2.45, 2.75) is 57.7 Å². The van der Waals surface area contributed by atoms with E-state index in [4.69, 9.17) is 0 Å². The van der Waals surface area contributed by atoms with Crippen LogP contribution in [0.3, 0.4) is 0 Å². The highest BCUT2D eigenvalue weighted by Gasteiger charge is 2.39. The molecule has 4 rings (SSSR count). The zero-order valence-corrected chi connectivity index (χ0v) is 16.8. The van der Waals surface area contributed by atoms with E-state index in [1.807, 2.05) is 36.1 Å². The van der Waals surface area contributed by atoms with Crippen molar-refractivity contribution in [1.29, 1.82) is 0 Å². The van der Waals surface area contributed by atoms with Crippen LogP contribution in [-0.4, -0.2) is 63.0 Å². The molecule has 1 saturated heterocycles. The van der Waals surface area contributed by atoms with Gasteiger partial charge in [0.05, 0.1) is 11.5 Å². The van der Waals surface area contributed by atoms with Crippen LogP contribution in [0.4, 0.5) is 0 Å². The van der Waals surface area contributed by atoms with E-state index in [1.165, 1.54) is 4.80 Å². The Morgan fingerprint density at radius 1 is 1.18 bits per heavy atom. The van der Waals surface area contributed by atoms with E-state index in [0.717, 1.165) is 36.8 Å². The summed E-state index contributed by atoms with van der Waals surface area (Å²) in [6.07, 6.45) is 4.53. The molecular weight excluding hydrogens is 378 g/mol. The lowest BCUT2D eigenvalue weighted by molar-refractivity contribution is -0.136. The molecule has 1 unspecified atom stereocenters. The molecular formula is C19H25N5O3S. The number of aryl methyl sites for hydroxylation is 1. The van der Waals surface area contributed by atoms with Crippen LogP contribution >= 0.6 is 0 Å². The zero-order chi connectivity index (χ0) is 19.7. The number of benzene rings is 1. The molecule has 2 heterocycles. The molecule has 8 nitrogen and oxygen atoms in total. The van der Waals surface area contributed by atoms with Gasteiger partial charge in [-0.1, -0.05) is 37.1 Å². The van der Waals surface area contributed by atoms with Gasteiger partial charge in [0.15, 0.2) is 9.84 Å². The van der Waals surface area contributed by atoms with Crippen molar-refractivity contribution in [2.24, 2.45) is 0 Å². The third-order valence-corrected chi connectivity index (χ3v) is 7.47. The van der Waals surface area contributed by atoms with Crippen LogP contribution in [0.5, 0.6) is 0 Å². The summed E-state index contributed by atoms with van der Waals surface area (Å²) in [7, 11) is -3.06. The van der Waals surface area contributed by atoms with Gasteiger partial charge >= 0.3 is 0 Å². The zero-order valence-electron chi connectivity index (χ0n) is 16.0. The minimum atomic E-state index is -3.06. The van der Waals surface area contributed by atoms with E-state index >= 15 is 0 Å². The van der Waals surface area contributed by atoms with Gasteiger partial charge in [0.1, 0.15) is 6.54 Å². The van der Waals surface area contributed by atoms with E-state index in [1.54, 1.807) is 0 Å². The predicted octanol–water partition coefficient (Wildman–Crippen LogP) is 1.61. The van der Waals surface area contributed by atoms with Crippen LogP contribution in [0, 0.1) is 6.92 Å². The molecule has 1 aliphatic carbocycles. The first-order valence-corrected chi connectivity index (χ1v) is 11.6. The number of carbonyl (C=O) groups excluding carboxylic acids is 1. The Balaban J connectivity index is 1.53. The Labute approximate surface area is 164 Å². The van der Waals surface area contributed by atoms with Crippen LogP contribution in [0.15, 0.2) is 24.3 Å². The number of tetrazole rings is 1. The number of carbonyl (C=O) groups is 1. The average molecular weight is 404 g/mol. The first-order chi connectivity index (χ1) is 13.4. The van der Waals surface area contributed by atoms with Crippen LogP contribution in [0.2, 0.25) is 0 Å². The molecule has 0 radical (unpaired) electrons. The maximum atomic E-state index is 13.1. The molecule has 28 heavy (non-hydrogen) atoms. The van der Waals surface area contributed by atoms with E-state index in [0.29, 0.717) is 12.2 Å². The fourth-order valence-electron chi connectivity index (χ4n) is 4.33. The normalized spacial score (nSPS) is 21.8. The number of amides is 1. The van der Waals surface area contributed by atoms with Gasteiger partial charge in [-0.25, -0.2) is 8.42 Å². The Morgan fingerprint density at radius 2 is 1.93 bits per heavy atom. The standard InChI is InChI=1S/C19H25N5O3S/c1-14-6-2-5-9-17(14)19-20-22-23(21-19)12-18(25)24(15-7-3-4-8-15)16-10-11-28(26,27)13-16/h2,5-6,9,15-16H,3-4,7-8,10-13H2,1H3. The molecule has 1 saturated carbocycles. The van der Waals surface area contributed by atoms with Gasteiger partial charge in [0, 0.05) is 17.6 Å². The molecule has 1 aromatic heterocycles. The minimum absolute atomic E-state index is 0.0219. The van der Waals surface area contributed by atoms with Crippen molar-refractivity contribution in [3.8, 4) is 11.4 Å². The number of sulfone groups is 1. The van der Waals surface area contributed by atoms with Crippen LogP contribution in [0.25, 0.3) is 11.4 Å². The van der Waals surface area contributed by atoms with E-state index in [2.05, 4.69) is 15.4 Å². The summed E-state index contributed by atoms with van der Waals surface area (Å²) in [6.45, 7) is 1.95. The lowest BCUT2D eigenvalue weighted by atomic mass is 10.1. The van der Waals surface area contributed by atoms with Gasteiger partial charge in [-0.2, -0.15) is 4.80 Å². The van der Waals surface area contributed by atoms with Crippen molar-refractivity contribution >= 4 is 15.7 Å². The van der Waals surface area contributed by atoms with Gasteiger partial charge in [-0.05, 0) is 37.0 Å². The summed E-state index contributed by atoms with van der Waals surface area (Å²) in [5, 5.41) is 12.5. The van der Waals surface area contributed by atoms with Gasteiger partial charge in [-0.15, -0.1) is 10.2 Å². The maximum absolute atomic E-state index is 13.1. The van der Waals surface area contributed by atoms with E-state index in [-0.39, 0.29) is 36.0 Å². The molecule has 0 bridgehead atoms. The van der Waals surface area contributed by atoms with Crippen LogP contribution in [0.1, 0.15) is 37.7 Å². The predicted molar refractivity (Wildman–Crippen MR) is 104 cm³/mol. The fourth-order valence-corrected chi connectivity index (χ4v) is 6.04. The lowest BCUT2D eigenvalue weighted by Gasteiger charge is -2.33. The highest BCUT2D eigenvalue weighted by Crippen LogP contribution is 2.29. The van der Waals surface area contributed by atoms with Gasteiger partial charge in [-0.3, -0.25) is 4.79 Å². The molecule has 150 valence electrons. The fraction of sp³-hybridized carbons (Fsp3) is 0.579. The summed E-state index contributed by atoms with van der Waals surface area (Å²) < 4.78 is 23.9. The molecule has 0 spiro atoms. The molecule has 1 aromatic carbocycles. The summed E-state index contributed by atoms with van der Waals surface area (Å²) in [6, 6.07) is 7.64. The average Bonchev–Trinajstić information content (AvgIpc) is 3.38. The van der Waals surface area contributed by atoms with E-state index < -0.39 is 9.84 Å². The topological polar surface area (TPSA) is 98.0 Å².